The van der Waals surface area contributed by atoms with E-state index in [2.05, 4.69) is 51.1 Å². The van der Waals surface area contributed by atoms with Gasteiger partial charge in [-0.2, -0.15) is 10.2 Å². The second kappa shape index (κ2) is 7.88. The Balaban J connectivity index is 1.41. The van der Waals surface area contributed by atoms with Gasteiger partial charge in [-0.1, -0.05) is 78.4 Å². The lowest BCUT2D eigenvalue weighted by molar-refractivity contribution is 0.0950. The highest BCUT2D eigenvalue weighted by molar-refractivity contribution is 6.13. The van der Waals surface area contributed by atoms with Gasteiger partial charge in [0.25, 0.3) is 5.91 Å². The number of nitrogens with zero attached hydrogens (tertiary/aromatic N) is 2. The van der Waals surface area contributed by atoms with Gasteiger partial charge in [-0.05, 0) is 40.6 Å². The van der Waals surface area contributed by atoms with Crippen LogP contribution in [0, 0.1) is 6.92 Å². The number of amides is 1. The summed E-state index contributed by atoms with van der Waals surface area (Å²) in [4.78, 5) is 12.6. The predicted molar refractivity (Wildman–Crippen MR) is 125 cm³/mol. The van der Waals surface area contributed by atoms with Gasteiger partial charge < -0.3 is 0 Å². The zero-order valence-corrected chi connectivity index (χ0v) is 17.0. The van der Waals surface area contributed by atoms with E-state index in [4.69, 9.17) is 0 Å². The summed E-state index contributed by atoms with van der Waals surface area (Å²) in [6.07, 6.45) is 1.71. The first-order valence-electron chi connectivity index (χ1n) is 10.1. The molecule has 4 aromatic carbocycles. The summed E-state index contributed by atoms with van der Waals surface area (Å²) in [7, 11) is 0. The van der Waals surface area contributed by atoms with Crippen LogP contribution in [0.5, 0.6) is 0 Å². The van der Waals surface area contributed by atoms with Gasteiger partial charge in [0.1, 0.15) is 5.69 Å². The summed E-state index contributed by atoms with van der Waals surface area (Å²) < 4.78 is 0. The Labute approximate surface area is 179 Å². The van der Waals surface area contributed by atoms with E-state index in [1.807, 2.05) is 55.5 Å². The molecule has 5 rings (SSSR count). The molecule has 0 bridgehead atoms. The monoisotopic (exact) mass is 404 g/mol. The maximum atomic E-state index is 12.6. The highest BCUT2D eigenvalue weighted by Gasteiger charge is 2.11. The lowest BCUT2D eigenvalue weighted by Crippen LogP contribution is -2.18. The van der Waals surface area contributed by atoms with Gasteiger partial charge in [0.05, 0.1) is 11.9 Å². The van der Waals surface area contributed by atoms with Crippen LogP contribution >= 0.6 is 0 Å². The molecule has 5 nitrogen and oxygen atoms in total. The first-order valence-corrected chi connectivity index (χ1v) is 10.1. The minimum atomic E-state index is -0.341. The van der Waals surface area contributed by atoms with Crippen molar-refractivity contribution in [2.75, 3.05) is 0 Å². The molecule has 5 heteroatoms. The van der Waals surface area contributed by atoms with Crippen molar-refractivity contribution in [3.8, 4) is 11.3 Å². The van der Waals surface area contributed by atoms with E-state index in [-0.39, 0.29) is 5.91 Å². The smallest absolute Gasteiger partial charge is 0.272 e. The molecule has 1 heterocycles. The number of carbonyl (C=O) groups excluding carboxylic acids is 1. The molecule has 0 aliphatic rings. The van der Waals surface area contributed by atoms with Gasteiger partial charge in [0.15, 0.2) is 0 Å². The molecule has 0 unspecified atom stereocenters. The second-order valence-corrected chi connectivity index (χ2v) is 7.46. The highest BCUT2D eigenvalue weighted by atomic mass is 16.2. The number of aromatic amines is 1. The van der Waals surface area contributed by atoms with Crippen LogP contribution in [-0.4, -0.2) is 22.3 Å². The van der Waals surface area contributed by atoms with Crippen LogP contribution < -0.4 is 5.43 Å². The van der Waals surface area contributed by atoms with Crippen LogP contribution in [0.25, 0.3) is 32.8 Å². The summed E-state index contributed by atoms with van der Waals surface area (Å²) in [5.41, 5.74) is 6.78. The SMILES string of the molecule is Cc1ccc(-c2cc(C(=O)N/N=C/c3c4ccccc4cc4ccccc34)[nH]n2)cc1. The van der Waals surface area contributed by atoms with Crippen LogP contribution in [0.2, 0.25) is 0 Å². The summed E-state index contributed by atoms with van der Waals surface area (Å²) in [6.45, 7) is 2.03. The van der Waals surface area contributed by atoms with E-state index in [0.717, 1.165) is 32.7 Å². The van der Waals surface area contributed by atoms with E-state index >= 15 is 0 Å². The van der Waals surface area contributed by atoms with Crippen LogP contribution in [-0.2, 0) is 0 Å². The molecule has 0 aliphatic carbocycles. The number of fused-ring (bicyclic) bond motifs is 2. The number of hydrogen-bond donors (Lipinski definition) is 2. The fraction of sp³-hybridized carbons (Fsp3) is 0.0385. The zero-order chi connectivity index (χ0) is 21.2. The molecular weight excluding hydrogens is 384 g/mol. The van der Waals surface area contributed by atoms with E-state index in [1.54, 1.807) is 12.3 Å². The van der Waals surface area contributed by atoms with Crippen molar-refractivity contribution in [1.29, 1.82) is 0 Å². The Morgan fingerprint density at radius 1 is 0.903 bits per heavy atom. The molecule has 0 aliphatic heterocycles. The van der Waals surface area contributed by atoms with Gasteiger partial charge in [-0.15, -0.1) is 0 Å². The number of nitrogens with one attached hydrogen (secondary N) is 2. The fourth-order valence-electron chi connectivity index (χ4n) is 3.71. The maximum absolute atomic E-state index is 12.6. The molecule has 0 saturated heterocycles. The number of hydrazone groups is 1. The van der Waals surface area contributed by atoms with Crippen molar-refractivity contribution < 1.29 is 4.79 Å². The molecule has 0 saturated carbocycles. The van der Waals surface area contributed by atoms with Gasteiger partial charge in [-0.3, -0.25) is 9.89 Å². The zero-order valence-electron chi connectivity index (χ0n) is 17.0. The third-order valence-electron chi connectivity index (χ3n) is 5.34. The van der Waals surface area contributed by atoms with Crippen LogP contribution in [0.4, 0.5) is 0 Å². The topological polar surface area (TPSA) is 70.1 Å². The Bertz CT molecular complexity index is 1380. The Morgan fingerprint density at radius 3 is 2.23 bits per heavy atom. The Hall–Kier alpha value is -4.25. The summed E-state index contributed by atoms with van der Waals surface area (Å²) >= 11 is 0. The van der Waals surface area contributed by atoms with Crippen LogP contribution in [0.15, 0.2) is 90.0 Å². The largest absolute Gasteiger partial charge is 0.289 e. The third kappa shape index (κ3) is 3.69. The lowest BCUT2D eigenvalue weighted by Gasteiger charge is -2.07. The molecule has 0 radical (unpaired) electrons. The fourth-order valence-corrected chi connectivity index (χ4v) is 3.71. The number of H-pyrrole nitrogens is 1. The van der Waals surface area contributed by atoms with Gasteiger partial charge in [-0.25, -0.2) is 5.43 Å². The molecule has 2 N–H and O–H groups in total. The number of benzene rings is 4. The molecule has 5 aromatic rings. The molecule has 0 spiro atoms. The molecule has 1 amide bonds. The van der Waals surface area contributed by atoms with E-state index in [9.17, 15) is 4.79 Å². The number of aryl methyl sites for hydroxylation is 1. The van der Waals surface area contributed by atoms with Gasteiger partial charge >= 0.3 is 0 Å². The average Bonchev–Trinajstić information content (AvgIpc) is 3.29. The summed E-state index contributed by atoms with van der Waals surface area (Å²) in [5.74, 6) is -0.341. The normalized spacial score (nSPS) is 11.4. The van der Waals surface area contributed by atoms with Crippen molar-refractivity contribution in [2.24, 2.45) is 5.10 Å². The van der Waals surface area contributed by atoms with Crippen LogP contribution in [0.3, 0.4) is 0 Å². The minimum absolute atomic E-state index is 0.341. The van der Waals surface area contributed by atoms with Crippen molar-refractivity contribution in [3.05, 3.63) is 102 Å². The number of carbonyl (C=O) groups is 1. The third-order valence-corrected chi connectivity index (χ3v) is 5.34. The molecule has 0 atom stereocenters. The minimum Gasteiger partial charge on any atom is -0.272 e. The van der Waals surface area contributed by atoms with Crippen molar-refractivity contribution in [3.63, 3.8) is 0 Å². The van der Waals surface area contributed by atoms with Gasteiger partial charge in [0.2, 0.25) is 0 Å². The number of rotatable bonds is 4. The number of aromatic nitrogens is 2. The van der Waals surface area contributed by atoms with E-state index < -0.39 is 0 Å². The number of hydrogen-bond acceptors (Lipinski definition) is 3. The van der Waals surface area contributed by atoms with Crippen LogP contribution in [0.1, 0.15) is 21.6 Å². The first kappa shape index (κ1) is 18.8. The Kier molecular flexibility index (Phi) is 4.77. The molecule has 150 valence electrons. The van der Waals surface area contributed by atoms with E-state index in [1.165, 1.54) is 5.56 Å². The molecule has 31 heavy (non-hydrogen) atoms. The maximum Gasteiger partial charge on any atom is 0.289 e. The van der Waals surface area contributed by atoms with Gasteiger partial charge in [0, 0.05) is 11.1 Å². The van der Waals surface area contributed by atoms with Crippen molar-refractivity contribution >= 4 is 33.7 Å². The molecular formula is C26H20N4O. The lowest BCUT2D eigenvalue weighted by atomic mass is 9.97. The van der Waals surface area contributed by atoms with Crippen molar-refractivity contribution in [1.82, 2.24) is 15.6 Å². The standard InChI is InChI=1S/C26H20N4O/c1-17-10-12-18(13-11-17)24-15-25(29-28-24)26(31)30-27-16-23-21-8-4-2-6-19(21)14-20-7-3-5-9-22(20)23/h2-16H,1H3,(H,28,29)(H,30,31)/b27-16+. The van der Waals surface area contributed by atoms with Crippen molar-refractivity contribution in [2.45, 2.75) is 6.92 Å². The van der Waals surface area contributed by atoms with E-state index in [0.29, 0.717) is 11.4 Å². The quantitative estimate of drug-likeness (QED) is 0.237. The summed E-state index contributed by atoms with van der Waals surface area (Å²) in [6, 6.07) is 28.2. The second-order valence-electron chi connectivity index (χ2n) is 7.46. The highest BCUT2D eigenvalue weighted by Crippen LogP contribution is 2.27. The predicted octanol–water partition coefficient (Wildman–Crippen LogP) is 5.46. The molecule has 1 aromatic heterocycles. The Morgan fingerprint density at radius 2 is 1.55 bits per heavy atom. The first-order chi connectivity index (χ1) is 15.2. The average molecular weight is 404 g/mol. The summed E-state index contributed by atoms with van der Waals surface area (Å²) in [5, 5.41) is 15.7. The molecule has 0 fully saturated rings.